The molecule has 412 valence electrons. The van der Waals surface area contributed by atoms with E-state index in [-0.39, 0.29) is 18.9 Å². The summed E-state index contributed by atoms with van der Waals surface area (Å²) in [7, 11) is 0. The first kappa shape index (κ1) is 54.0. The normalized spacial score (nSPS) is 17.9. The minimum absolute atomic E-state index is 0.162. The van der Waals surface area contributed by atoms with Crippen molar-refractivity contribution >= 4 is 63.0 Å². The number of Topliss-reactive ketones (excluding diaryl/α,β-unsaturated/α-hetero) is 1. The summed E-state index contributed by atoms with van der Waals surface area (Å²) in [5.41, 5.74) is 11.0. The minimum Gasteiger partial charge on any atom is -0.443 e. The van der Waals surface area contributed by atoms with E-state index < -0.39 is 35.5 Å². The molecule has 2 aromatic heterocycles. The van der Waals surface area contributed by atoms with Crippen LogP contribution in [0.15, 0.2) is 121 Å². The molecule has 0 aliphatic carbocycles. The number of ether oxygens (including phenoxy) is 2. The number of aromatic nitrogens is 2. The third kappa shape index (κ3) is 10.5. The summed E-state index contributed by atoms with van der Waals surface area (Å²) >= 11 is 15.2. The molecular weight excluding hydrogens is 1040 g/mol. The van der Waals surface area contributed by atoms with Gasteiger partial charge in [-0.3, -0.25) is 25.2 Å². The summed E-state index contributed by atoms with van der Waals surface area (Å²) in [6, 6.07) is 39.0. The van der Waals surface area contributed by atoms with Crippen molar-refractivity contribution in [1.82, 2.24) is 29.6 Å². The van der Waals surface area contributed by atoms with Crippen LogP contribution < -0.4 is 10.6 Å². The van der Waals surface area contributed by atoms with Crippen LogP contribution in [0.3, 0.4) is 0 Å². The summed E-state index contributed by atoms with van der Waals surface area (Å²) < 4.78 is 15.8. The molecule has 4 aliphatic rings. The SMILES string of the molecule is CC(C)(C)OC(=O)n1c(-c2cc(-c3ccccc3)c(Cl)c3c2C(C(=O)C2NCc4c(Cl)c(-c5ccccc5)cc(-c5cc6cc(CN7CCCCC7)ccc6n5C(=O)OC(C)(C)C)c42)NC3)cc2cc(CN3CCCCC3)ccc21. The fourth-order valence-electron chi connectivity index (χ4n) is 12.7. The maximum Gasteiger partial charge on any atom is 0.419 e. The summed E-state index contributed by atoms with van der Waals surface area (Å²) in [5, 5.41) is 10.1. The van der Waals surface area contributed by atoms with E-state index in [0.29, 0.717) is 54.7 Å². The summed E-state index contributed by atoms with van der Waals surface area (Å²) in [6.07, 6.45) is 6.18. The number of carbonyl (C=O) groups excluding carboxylic acids is 3. The van der Waals surface area contributed by atoms with Crippen molar-refractivity contribution in [2.75, 3.05) is 26.2 Å². The molecule has 2 unspecified atom stereocenters. The molecule has 0 radical (unpaired) electrons. The largest absolute Gasteiger partial charge is 0.443 e. The van der Waals surface area contributed by atoms with Gasteiger partial charge in [-0.05, 0) is 186 Å². The predicted molar refractivity (Wildman–Crippen MR) is 321 cm³/mol. The zero-order valence-corrected chi connectivity index (χ0v) is 48.2. The molecule has 2 atom stereocenters. The van der Waals surface area contributed by atoms with Gasteiger partial charge in [0.2, 0.25) is 0 Å². The van der Waals surface area contributed by atoms with Gasteiger partial charge in [-0.1, -0.05) is 109 Å². The Balaban J connectivity index is 1.04. The van der Waals surface area contributed by atoms with Gasteiger partial charge in [0.1, 0.15) is 11.2 Å². The maximum absolute atomic E-state index is 16.3. The molecule has 80 heavy (non-hydrogen) atoms. The number of nitrogens with one attached hydrogen (secondary N) is 2. The lowest BCUT2D eigenvalue weighted by atomic mass is 9.85. The van der Waals surface area contributed by atoms with Crippen molar-refractivity contribution in [1.29, 1.82) is 0 Å². The molecule has 0 saturated carbocycles. The standard InChI is InChI=1S/C67H70Cl2N6O5/c1-66(2,3)79-64(77)74-53-25-23-41(39-72-27-15-9-16-28-72)31-45(53)33-55(74)49-35-47(43-19-11-7-12-20-43)59(68)51-37-70-61(57(49)51)63(76)62-58-50(36-48(44-21-13-8-14-22-44)60(69)52(58)38-71-62)56-34-46-32-42(40-73-29-17-10-18-30-73)24-26-54(46)75(56)65(78)80-67(4,5)6/h7-8,11-14,19-26,31-36,61-62,70-71H,9-10,15-18,27-30,37-40H2,1-6H3. The smallest absolute Gasteiger partial charge is 0.419 e. The Hall–Kier alpha value is -6.57. The highest BCUT2D eigenvalue weighted by atomic mass is 35.5. The highest BCUT2D eigenvalue weighted by Crippen LogP contribution is 2.50. The van der Waals surface area contributed by atoms with Crippen LogP contribution in [0, 0.1) is 0 Å². The number of ketones is 1. The lowest BCUT2D eigenvalue weighted by Crippen LogP contribution is -2.32. The topological polar surface area (TPSA) is 110 Å². The van der Waals surface area contributed by atoms with Crippen LogP contribution in [0.5, 0.6) is 0 Å². The van der Waals surface area contributed by atoms with Crippen LogP contribution >= 0.6 is 23.2 Å². The minimum atomic E-state index is -0.903. The Morgan fingerprint density at radius 3 is 1.26 bits per heavy atom. The fourth-order valence-corrected chi connectivity index (χ4v) is 13.4. The predicted octanol–water partition coefficient (Wildman–Crippen LogP) is 15.7. The number of likely N-dealkylation sites (tertiary alicyclic amines) is 2. The molecule has 0 bridgehead atoms. The molecule has 8 aromatic rings. The number of halogens is 2. The van der Waals surface area contributed by atoms with E-state index in [4.69, 9.17) is 32.7 Å². The van der Waals surface area contributed by atoms with Gasteiger partial charge in [0.25, 0.3) is 0 Å². The van der Waals surface area contributed by atoms with Gasteiger partial charge >= 0.3 is 12.2 Å². The first-order valence-electron chi connectivity index (χ1n) is 28.5. The van der Waals surface area contributed by atoms with Gasteiger partial charge in [-0.2, -0.15) is 0 Å². The zero-order chi connectivity index (χ0) is 55.6. The molecule has 4 aliphatic heterocycles. The Morgan fingerprint density at radius 1 is 0.500 bits per heavy atom. The highest BCUT2D eigenvalue weighted by Gasteiger charge is 2.43. The van der Waals surface area contributed by atoms with E-state index >= 15 is 4.79 Å². The van der Waals surface area contributed by atoms with E-state index in [1.807, 2.05) is 126 Å². The first-order chi connectivity index (χ1) is 38.5. The van der Waals surface area contributed by atoms with Crippen LogP contribution in [-0.4, -0.2) is 74.3 Å². The number of benzene rings is 6. The quantitative estimate of drug-likeness (QED) is 0.138. The molecular formula is C67H70Cl2N6O5. The number of carbonyl (C=O) groups is 3. The molecule has 0 spiro atoms. The van der Waals surface area contributed by atoms with Crippen molar-refractivity contribution in [3.8, 4) is 44.8 Å². The Labute approximate surface area is 479 Å². The molecule has 2 N–H and O–H groups in total. The van der Waals surface area contributed by atoms with Gasteiger partial charge < -0.3 is 9.47 Å². The number of hydrogen-bond donors (Lipinski definition) is 2. The Bertz CT molecular complexity index is 3470. The van der Waals surface area contributed by atoms with Gasteiger partial charge in [-0.25, -0.2) is 18.7 Å². The lowest BCUT2D eigenvalue weighted by Gasteiger charge is -2.26. The summed E-state index contributed by atoms with van der Waals surface area (Å²) in [5.74, 6) is -0.162. The number of piperidine rings is 2. The fraction of sp³-hybridized carbons (Fsp3) is 0.358. The average molecular weight is 1110 g/mol. The van der Waals surface area contributed by atoms with Crippen LogP contribution in [0.2, 0.25) is 10.0 Å². The molecule has 6 aromatic carbocycles. The molecule has 6 heterocycles. The third-order valence-electron chi connectivity index (χ3n) is 16.2. The van der Waals surface area contributed by atoms with Crippen LogP contribution in [0.1, 0.15) is 126 Å². The second kappa shape index (κ2) is 21.7. The van der Waals surface area contributed by atoms with E-state index in [1.165, 1.54) is 38.5 Å². The van der Waals surface area contributed by atoms with Gasteiger partial charge in [-0.15, -0.1) is 0 Å². The third-order valence-corrected chi connectivity index (χ3v) is 17.1. The molecule has 13 heteroatoms. The monoisotopic (exact) mass is 1110 g/mol. The number of fused-ring (bicyclic) bond motifs is 4. The van der Waals surface area contributed by atoms with Gasteiger partial charge in [0.05, 0.1) is 44.6 Å². The molecule has 2 fully saturated rings. The van der Waals surface area contributed by atoms with Crippen molar-refractivity contribution in [2.45, 2.75) is 130 Å². The van der Waals surface area contributed by atoms with Gasteiger partial charge in [0.15, 0.2) is 5.78 Å². The summed E-state index contributed by atoms with van der Waals surface area (Å²) in [6.45, 7) is 17.6. The Kier molecular flexibility index (Phi) is 14.7. The lowest BCUT2D eigenvalue weighted by molar-refractivity contribution is -0.123. The average Bonchev–Trinajstić information content (AvgIpc) is 4.39. The molecule has 2 saturated heterocycles. The maximum atomic E-state index is 16.3. The second-order valence-electron chi connectivity index (χ2n) is 24.3. The van der Waals surface area contributed by atoms with E-state index in [9.17, 15) is 9.59 Å². The molecule has 12 rings (SSSR count). The van der Waals surface area contributed by atoms with Crippen molar-refractivity contribution in [3.05, 3.63) is 165 Å². The summed E-state index contributed by atoms with van der Waals surface area (Å²) in [4.78, 5) is 51.0. The Morgan fingerprint density at radius 2 is 0.887 bits per heavy atom. The van der Waals surface area contributed by atoms with E-state index in [0.717, 1.165) is 94.5 Å². The van der Waals surface area contributed by atoms with E-state index in [1.54, 1.807) is 9.13 Å². The number of nitrogens with zero attached hydrogens (tertiary/aromatic N) is 4. The van der Waals surface area contributed by atoms with E-state index in [2.05, 4.69) is 56.8 Å². The van der Waals surface area contributed by atoms with Crippen molar-refractivity contribution in [2.24, 2.45) is 0 Å². The molecule has 11 nitrogen and oxygen atoms in total. The van der Waals surface area contributed by atoms with Crippen molar-refractivity contribution < 1.29 is 23.9 Å². The van der Waals surface area contributed by atoms with Crippen LogP contribution in [0.4, 0.5) is 9.59 Å². The van der Waals surface area contributed by atoms with Crippen LogP contribution in [0.25, 0.3) is 66.6 Å². The number of rotatable bonds is 10. The number of hydrogen-bond acceptors (Lipinski definition) is 9. The van der Waals surface area contributed by atoms with Crippen molar-refractivity contribution in [3.63, 3.8) is 0 Å². The first-order valence-corrected chi connectivity index (χ1v) is 29.3. The van der Waals surface area contributed by atoms with Gasteiger partial charge in [0, 0.05) is 59.2 Å². The van der Waals surface area contributed by atoms with Crippen LogP contribution in [-0.2, 0) is 40.4 Å². The second-order valence-corrected chi connectivity index (χ2v) is 25.0. The zero-order valence-electron chi connectivity index (χ0n) is 46.7. The molecule has 0 amide bonds. The highest BCUT2D eigenvalue weighted by molar-refractivity contribution is 6.35.